The zero-order valence-corrected chi connectivity index (χ0v) is 10.2. The molecule has 0 bridgehead atoms. The fraction of sp³-hybridized carbons (Fsp3) is 0.400. The average molecular weight is 292 g/mol. The largest absolute Gasteiger partial charge is 0.0915 e. The normalized spacial score (nSPS) is 28.4. The van der Waals surface area contributed by atoms with Gasteiger partial charge in [-0.25, -0.2) is 0 Å². The van der Waals surface area contributed by atoms with Crippen LogP contribution in [0.2, 0.25) is 0 Å². The van der Waals surface area contributed by atoms with Crippen molar-refractivity contribution in [2.75, 3.05) is 10.7 Å². The van der Waals surface area contributed by atoms with Crippen LogP contribution in [0.25, 0.3) is 0 Å². The molecule has 1 rings (SSSR count). The van der Waals surface area contributed by atoms with Gasteiger partial charge < -0.3 is 0 Å². The van der Waals surface area contributed by atoms with Crippen LogP contribution in [-0.2, 0) is 0 Å². The van der Waals surface area contributed by atoms with Crippen molar-refractivity contribution in [3.63, 3.8) is 0 Å². The molecule has 1 unspecified atom stereocenters. The Morgan fingerprint density at radius 3 is 2.67 bits per heavy atom. The molecule has 0 aromatic heterocycles. The van der Waals surface area contributed by atoms with Crippen molar-refractivity contribution in [1.29, 1.82) is 0 Å². The van der Waals surface area contributed by atoms with Crippen molar-refractivity contribution in [2.24, 2.45) is 5.41 Å². The summed E-state index contributed by atoms with van der Waals surface area (Å²) in [5.41, 5.74) is 1.48. The van der Waals surface area contributed by atoms with Gasteiger partial charge in [-0.2, -0.15) is 0 Å². The molecule has 0 saturated carbocycles. The molecule has 0 heterocycles. The first-order valence-corrected chi connectivity index (χ1v) is 6.14. The van der Waals surface area contributed by atoms with Crippen LogP contribution in [0, 0.1) is 5.41 Å². The van der Waals surface area contributed by atoms with Gasteiger partial charge in [0.05, 0.1) is 0 Å². The van der Waals surface area contributed by atoms with Gasteiger partial charge in [0.25, 0.3) is 0 Å². The molecule has 2 heteroatoms. The third-order valence-electron chi connectivity index (χ3n) is 1.91. The predicted molar refractivity (Wildman–Crippen MR) is 62.1 cm³/mol. The van der Waals surface area contributed by atoms with E-state index in [1.165, 1.54) is 5.57 Å². The fourth-order valence-electron chi connectivity index (χ4n) is 0.978. The summed E-state index contributed by atoms with van der Waals surface area (Å²) in [6, 6.07) is 0. The molecule has 0 radical (unpaired) electrons. The van der Waals surface area contributed by atoms with E-state index in [4.69, 9.17) is 0 Å². The van der Waals surface area contributed by atoms with Gasteiger partial charge in [0.1, 0.15) is 0 Å². The Bertz CT molecular complexity index is 238. The molecule has 0 amide bonds. The molecular formula is C10H12Br2. The Balaban J connectivity index is 2.82. The zero-order chi connectivity index (χ0) is 9.03. The van der Waals surface area contributed by atoms with Crippen molar-refractivity contribution in [1.82, 2.24) is 0 Å². The van der Waals surface area contributed by atoms with Crippen LogP contribution in [0.3, 0.4) is 0 Å². The van der Waals surface area contributed by atoms with Gasteiger partial charge in [0.15, 0.2) is 0 Å². The quantitative estimate of drug-likeness (QED) is 0.678. The first-order chi connectivity index (χ1) is 5.70. The van der Waals surface area contributed by atoms with Crippen LogP contribution in [0.15, 0.2) is 36.0 Å². The van der Waals surface area contributed by atoms with Gasteiger partial charge in [-0.15, -0.1) is 0 Å². The number of hydrogen-bond donors (Lipinski definition) is 0. The lowest BCUT2D eigenvalue weighted by Crippen LogP contribution is -2.10. The van der Waals surface area contributed by atoms with E-state index in [9.17, 15) is 0 Å². The molecular weight excluding hydrogens is 280 g/mol. The Labute approximate surface area is 90.7 Å². The van der Waals surface area contributed by atoms with Gasteiger partial charge in [-0.1, -0.05) is 69.2 Å². The molecule has 1 aliphatic rings. The maximum atomic E-state index is 3.51. The van der Waals surface area contributed by atoms with Crippen molar-refractivity contribution >= 4 is 31.9 Å². The average Bonchev–Trinajstić information content (AvgIpc) is 2.28. The van der Waals surface area contributed by atoms with E-state index in [2.05, 4.69) is 69.2 Å². The van der Waals surface area contributed by atoms with E-state index in [0.717, 1.165) is 10.7 Å². The highest BCUT2D eigenvalue weighted by molar-refractivity contribution is 9.09. The van der Waals surface area contributed by atoms with E-state index in [1.54, 1.807) is 0 Å². The minimum Gasteiger partial charge on any atom is -0.0915 e. The summed E-state index contributed by atoms with van der Waals surface area (Å²) in [5.74, 6) is 0. The van der Waals surface area contributed by atoms with Crippen LogP contribution >= 0.6 is 31.9 Å². The summed E-state index contributed by atoms with van der Waals surface area (Å²) in [5, 5.41) is 1.89. The lowest BCUT2D eigenvalue weighted by molar-refractivity contribution is 0.645. The lowest BCUT2D eigenvalue weighted by Gasteiger charge is -2.16. The number of allylic oxidation sites excluding steroid dienone is 6. The van der Waals surface area contributed by atoms with Gasteiger partial charge in [0, 0.05) is 16.1 Å². The maximum absolute atomic E-state index is 3.51. The number of alkyl halides is 2. The highest BCUT2D eigenvalue weighted by atomic mass is 79.9. The van der Waals surface area contributed by atoms with Crippen LogP contribution in [0.5, 0.6) is 0 Å². The van der Waals surface area contributed by atoms with E-state index >= 15 is 0 Å². The Kier molecular flexibility index (Phi) is 3.78. The molecule has 66 valence electrons. The van der Waals surface area contributed by atoms with E-state index in [0.29, 0.717) is 0 Å². The van der Waals surface area contributed by atoms with E-state index in [1.807, 2.05) is 0 Å². The second-order valence-electron chi connectivity index (χ2n) is 3.21. The zero-order valence-electron chi connectivity index (χ0n) is 7.06. The number of hydrogen-bond acceptors (Lipinski definition) is 0. The van der Waals surface area contributed by atoms with Gasteiger partial charge in [-0.3, -0.25) is 0 Å². The minimum atomic E-state index is 0.167. The topological polar surface area (TPSA) is 0 Å². The molecule has 0 saturated heterocycles. The monoisotopic (exact) mass is 290 g/mol. The predicted octanol–water partition coefficient (Wildman–Crippen LogP) is 3.83. The number of rotatable bonds is 2. The molecule has 0 aromatic carbocycles. The standard InChI is InChI=1S/C10H12Br2/c1-10(8-12)5-2-3-9(7-11)4-6-10/h2-6H,7-8H2,1H3. The SMILES string of the molecule is CC1(CBr)C=CC=C(CBr)C=C1. The summed E-state index contributed by atoms with van der Waals surface area (Å²) in [6.45, 7) is 2.21. The highest BCUT2D eigenvalue weighted by Gasteiger charge is 2.15. The molecule has 12 heavy (non-hydrogen) atoms. The van der Waals surface area contributed by atoms with Crippen molar-refractivity contribution in [3.8, 4) is 0 Å². The summed E-state index contributed by atoms with van der Waals surface area (Å²) in [6.07, 6.45) is 10.9. The van der Waals surface area contributed by atoms with Gasteiger partial charge in [0.2, 0.25) is 0 Å². The first-order valence-electron chi connectivity index (χ1n) is 3.90. The summed E-state index contributed by atoms with van der Waals surface area (Å²) in [4.78, 5) is 0. The van der Waals surface area contributed by atoms with Crippen LogP contribution in [0.4, 0.5) is 0 Å². The van der Waals surface area contributed by atoms with Crippen molar-refractivity contribution in [3.05, 3.63) is 36.0 Å². The molecule has 1 aliphatic carbocycles. The molecule has 0 spiro atoms. The fourth-order valence-corrected chi connectivity index (χ4v) is 1.73. The van der Waals surface area contributed by atoms with Crippen molar-refractivity contribution in [2.45, 2.75) is 6.92 Å². The van der Waals surface area contributed by atoms with E-state index in [-0.39, 0.29) is 5.41 Å². The molecule has 0 aromatic rings. The summed E-state index contributed by atoms with van der Waals surface area (Å²) in [7, 11) is 0. The third kappa shape index (κ3) is 2.60. The Hall–Kier alpha value is 0.180. The van der Waals surface area contributed by atoms with Crippen LogP contribution in [0.1, 0.15) is 6.92 Å². The maximum Gasteiger partial charge on any atom is 0.0282 e. The van der Waals surface area contributed by atoms with Gasteiger partial charge in [-0.05, 0) is 5.57 Å². The minimum absolute atomic E-state index is 0.167. The lowest BCUT2D eigenvalue weighted by atomic mass is 9.93. The molecule has 0 nitrogen and oxygen atoms in total. The third-order valence-corrected chi connectivity index (χ3v) is 3.76. The summed E-state index contributed by atoms with van der Waals surface area (Å²) < 4.78 is 0. The Morgan fingerprint density at radius 1 is 1.33 bits per heavy atom. The van der Waals surface area contributed by atoms with E-state index < -0.39 is 0 Å². The second-order valence-corrected chi connectivity index (χ2v) is 4.33. The molecule has 0 N–H and O–H groups in total. The molecule has 0 fully saturated rings. The second kappa shape index (κ2) is 4.43. The smallest absolute Gasteiger partial charge is 0.0282 e. The number of halogens is 2. The van der Waals surface area contributed by atoms with Crippen molar-refractivity contribution < 1.29 is 0 Å². The van der Waals surface area contributed by atoms with Gasteiger partial charge >= 0.3 is 0 Å². The van der Waals surface area contributed by atoms with Crippen LogP contribution < -0.4 is 0 Å². The first kappa shape index (κ1) is 10.3. The Morgan fingerprint density at radius 2 is 2.08 bits per heavy atom. The molecule has 1 atom stereocenters. The van der Waals surface area contributed by atoms with Crippen LogP contribution in [-0.4, -0.2) is 10.7 Å². The highest BCUT2D eigenvalue weighted by Crippen LogP contribution is 2.26. The molecule has 0 aliphatic heterocycles. The summed E-state index contributed by atoms with van der Waals surface area (Å²) >= 11 is 6.95.